The zero-order valence-electron chi connectivity index (χ0n) is 19.0. The molecule has 1 unspecified atom stereocenters. The van der Waals surface area contributed by atoms with Gasteiger partial charge in [0, 0.05) is 51.6 Å². The maximum Gasteiger partial charge on any atom is 0.251 e. The molecule has 32 heavy (non-hydrogen) atoms. The second-order valence-corrected chi connectivity index (χ2v) is 8.51. The second-order valence-electron chi connectivity index (χ2n) is 8.51. The van der Waals surface area contributed by atoms with Crippen molar-refractivity contribution in [2.24, 2.45) is 4.99 Å². The molecular weight excluding hydrogens is 521 g/mol. The highest BCUT2D eigenvalue weighted by atomic mass is 127. The summed E-state index contributed by atoms with van der Waals surface area (Å²) in [6, 6.07) is 3.99. The van der Waals surface area contributed by atoms with Gasteiger partial charge in [-0.25, -0.2) is 9.98 Å². The van der Waals surface area contributed by atoms with E-state index in [0.717, 1.165) is 56.8 Å². The van der Waals surface area contributed by atoms with E-state index in [4.69, 9.17) is 14.5 Å². The molecule has 9 heteroatoms. The highest BCUT2D eigenvalue weighted by Gasteiger charge is 2.30. The van der Waals surface area contributed by atoms with E-state index in [1.54, 1.807) is 0 Å². The molecule has 178 valence electrons. The van der Waals surface area contributed by atoms with Crippen LogP contribution in [0.25, 0.3) is 0 Å². The summed E-state index contributed by atoms with van der Waals surface area (Å²) in [5.74, 6) is 1.74. The summed E-state index contributed by atoms with van der Waals surface area (Å²) in [4.78, 5) is 26.0. The van der Waals surface area contributed by atoms with Gasteiger partial charge in [-0.15, -0.1) is 24.0 Å². The zero-order chi connectivity index (χ0) is 21.5. The molecule has 1 amide bonds. The number of nitrogens with zero attached hydrogens (tertiary/aromatic N) is 4. The van der Waals surface area contributed by atoms with Gasteiger partial charge in [-0.2, -0.15) is 0 Å². The fourth-order valence-electron chi connectivity index (χ4n) is 4.46. The maximum absolute atomic E-state index is 12.6. The Kier molecular flexibility index (Phi) is 9.83. The average Bonchev–Trinajstić information content (AvgIpc) is 3.52. The fourth-order valence-corrected chi connectivity index (χ4v) is 4.46. The Bertz CT molecular complexity index is 741. The number of pyridine rings is 1. The minimum Gasteiger partial charge on any atom is -0.474 e. The van der Waals surface area contributed by atoms with Crippen LogP contribution in [0.15, 0.2) is 23.3 Å². The summed E-state index contributed by atoms with van der Waals surface area (Å²) in [6.07, 6.45) is 8.54. The van der Waals surface area contributed by atoms with Gasteiger partial charge in [-0.05, 0) is 51.0 Å². The Morgan fingerprint density at radius 2 is 1.91 bits per heavy atom. The van der Waals surface area contributed by atoms with E-state index in [2.05, 4.69) is 22.1 Å². The number of aromatic nitrogens is 1. The Hall–Kier alpha value is -1.62. The molecule has 3 fully saturated rings. The van der Waals surface area contributed by atoms with Crippen LogP contribution in [0.5, 0.6) is 5.88 Å². The van der Waals surface area contributed by atoms with Crippen LogP contribution in [0.4, 0.5) is 0 Å². The summed E-state index contributed by atoms with van der Waals surface area (Å²) in [7, 11) is 0. The van der Waals surface area contributed by atoms with Crippen LogP contribution in [-0.4, -0.2) is 78.2 Å². The van der Waals surface area contributed by atoms with Crippen molar-refractivity contribution in [2.45, 2.75) is 64.2 Å². The second kappa shape index (κ2) is 12.6. The van der Waals surface area contributed by atoms with E-state index in [1.165, 1.54) is 12.8 Å². The van der Waals surface area contributed by atoms with Crippen molar-refractivity contribution in [1.82, 2.24) is 20.1 Å². The highest BCUT2D eigenvalue weighted by molar-refractivity contribution is 14.0. The molecular formula is C23H36IN5O3. The number of aliphatic imine (C=N–C) groups is 1. The number of piperazine rings is 1. The smallest absolute Gasteiger partial charge is 0.251 e. The van der Waals surface area contributed by atoms with Crippen LogP contribution >= 0.6 is 24.0 Å². The standard InChI is InChI=1S/C23H35N5O3.HI/c1-2-24-23(28-13-11-27(12-14-28)22(29)20-8-5-15-30-20)26-17-18-9-10-21(25-16-18)31-19-6-3-4-7-19;/h9-10,16,19-20H,2-8,11-15,17H2,1H3,(H,24,26);1H. The molecule has 2 saturated heterocycles. The average molecular weight is 557 g/mol. The van der Waals surface area contributed by atoms with Gasteiger partial charge in [-0.3, -0.25) is 4.79 Å². The van der Waals surface area contributed by atoms with E-state index in [-0.39, 0.29) is 36.0 Å². The predicted octanol–water partition coefficient (Wildman–Crippen LogP) is 2.81. The monoisotopic (exact) mass is 557 g/mol. The number of carbonyl (C=O) groups is 1. The molecule has 1 saturated carbocycles. The van der Waals surface area contributed by atoms with Crippen LogP contribution in [0.3, 0.4) is 0 Å². The van der Waals surface area contributed by atoms with Gasteiger partial charge in [0.2, 0.25) is 5.88 Å². The summed E-state index contributed by atoms with van der Waals surface area (Å²) < 4.78 is 11.5. The Morgan fingerprint density at radius 1 is 1.16 bits per heavy atom. The Balaban J connectivity index is 0.00000289. The molecule has 1 aromatic rings. The Morgan fingerprint density at radius 3 is 2.53 bits per heavy atom. The molecule has 1 aliphatic carbocycles. The minimum absolute atomic E-state index is 0. The molecule has 0 aromatic carbocycles. The number of halogens is 1. The SMILES string of the molecule is CCNC(=NCc1ccc(OC2CCCC2)nc1)N1CCN(C(=O)C2CCCO2)CC1.I. The molecule has 0 radical (unpaired) electrons. The van der Waals surface area contributed by atoms with Crippen molar-refractivity contribution in [3.8, 4) is 5.88 Å². The van der Waals surface area contributed by atoms with Crippen molar-refractivity contribution in [3.05, 3.63) is 23.9 Å². The van der Waals surface area contributed by atoms with Gasteiger partial charge in [-0.1, -0.05) is 6.07 Å². The number of hydrogen-bond acceptors (Lipinski definition) is 5. The third kappa shape index (κ3) is 6.69. The molecule has 3 heterocycles. The first kappa shape index (κ1) is 25.0. The number of rotatable bonds is 6. The molecule has 0 spiro atoms. The molecule has 8 nitrogen and oxygen atoms in total. The molecule has 3 aliphatic rings. The first-order valence-corrected chi connectivity index (χ1v) is 11.8. The number of ether oxygens (including phenoxy) is 2. The number of carbonyl (C=O) groups excluding carboxylic acids is 1. The van der Waals surface area contributed by atoms with Crippen molar-refractivity contribution in [2.75, 3.05) is 39.3 Å². The van der Waals surface area contributed by atoms with Gasteiger partial charge in [0.25, 0.3) is 5.91 Å². The van der Waals surface area contributed by atoms with Crippen molar-refractivity contribution >= 4 is 35.8 Å². The molecule has 0 bridgehead atoms. The summed E-state index contributed by atoms with van der Waals surface area (Å²) in [5.41, 5.74) is 1.06. The minimum atomic E-state index is -0.235. The van der Waals surface area contributed by atoms with E-state index >= 15 is 0 Å². The lowest BCUT2D eigenvalue weighted by atomic mass is 10.2. The third-order valence-electron chi connectivity index (χ3n) is 6.23. The zero-order valence-corrected chi connectivity index (χ0v) is 21.3. The van der Waals surface area contributed by atoms with Crippen LogP contribution in [0, 0.1) is 0 Å². The van der Waals surface area contributed by atoms with E-state index < -0.39 is 0 Å². The van der Waals surface area contributed by atoms with Crippen molar-refractivity contribution in [1.29, 1.82) is 0 Å². The lowest BCUT2D eigenvalue weighted by Crippen LogP contribution is -2.55. The Labute approximate surface area is 208 Å². The molecule has 2 aliphatic heterocycles. The first-order chi connectivity index (χ1) is 15.2. The normalized spacial score (nSPS) is 22.0. The van der Waals surface area contributed by atoms with Gasteiger partial charge in [0.05, 0.1) is 6.54 Å². The van der Waals surface area contributed by atoms with Gasteiger partial charge < -0.3 is 24.6 Å². The number of guanidine groups is 1. The lowest BCUT2D eigenvalue weighted by Gasteiger charge is -2.37. The van der Waals surface area contributed by atoms with Gasteiger partial charge in [0.15, 0.2) is 5.96 Å². The predicted molar refractivity (Wildman–Crippen MR) is 134 cm³/mol. The van der Waals surface area contributed by atoms with Crippen LogP contribution in [0.2, 0.25) is 0 Å². The van der Waals surface area contributed by atoms with Crippen LogP contribution in [0.1, 0.15) is 51.0 Å². The summed E-state index contributed by atoms with van der Waals surface area (Å²) in [5, 5.41) is 3.38. The summed E-state index contributed by atoms with van der Waals surface area (Å²) in [6.45, 7) is 7.11. The lowest BCUT2D eigenvalue weighted by molar-refractivity contribution is -0.142. The third-order valence-corrected chi connectivity index (χ3v) is 6.23. The van der Waals surface area contributed by atoms with Gasteiger partial charge >= 0.3 is 0 Å². The fraction of sp³-hybridized carbons (Fsp3) is 0.696. The number of amides is 1. The molecule has 4 rings (SSSR count). The van der Waals surface area contributed by atoms with E-state index in [1.807, 2.05) is 23.2 Å². The van der Waals surface area contributed by atoms with Crippen molar-refractivity contribution < 1.29 is 14.3 Å². The molecule has 1 N–H and O–H groups in total. The van der Waals surface area contributed by atoms with Crippen LogP contribution < -0.4 is 10.1 Å². The molecule has 1 aromatic heterocycles. The largest absolute Gasteiger partial charge is 0.474 e. The van der Waals surface area contributed by atoms with E-state index in [9.17, 15) is 4.79 Å². The number of nitrogens with one attached hydrogen (secondary N) is 1. The van der Waals surface area contributed by atoms with Crippen molar-refractivity contribution in [3.63, 3.8) is 0 Å². The summed E-state index contributed by atoms with van der Waals surface area (Å²) >= 11 is 0. The maximum atomic E-state index is 12.6. The van der Waals surface area contributed by atoms with Crippen LogP contribution in [-0.2, 0) is 16.1 Å². The topological polar surface area (TPSA) is 79.3 Å². The van der Waals surface area contributed by atoms with E-state index in [0.29, 0.717) is 38.2 Å². The van der Waals surface area contributed by atoms with Gasteiger partial charge in [0.1, 0.15) is 12.2 Å². The highest BCUT2D eigenvalue weighted by Crippen LogP contribution is 2.23. The number of hydrogen-bond donors (Lipinski definition) is 1. The first-order valence-electron chi connectivity index (χ1n) is 11.8. The molecule has 1 atom stereocenters. The quantitative estimate of drug-likeness (QED) is 0.330.